The minimum absolute atomic E-state index is 1.07. The van der Waals surface area contributed by atoms with Crippen molar-refractivity contribution < 1.29 is 0 Å². The highest BCUT2D eigenvalue weighted by atomic mass is 15.2. The van der Waals surface area contributed by atoms with Crippen LogP contribution in [0.25, 0.3) is 0 Å². The molecule has 4 heteroatoms. The van der Waals surface area contributed by atoms with Crippen LogP contribution in [0.2, 0.25) is 0 Å². The molecular weight excluding hydrogens is 224 g/mol. The fourth-order valence-corrected chi connectivity index (χ4v) is 1.78. The van der Waals surface area contributed by atoms with Gasteiger partial charge < -0.3 is 20.0 Å². The lowest BCUT2D eigenvalue weighted by Crippen LogP contribution is -2.34. The lowest BCUT2D eigenvalue weighted by atomic mass is 10.3. The van der Waals surface area contributed by atoms with Gasteiger partial charge in [0.05, 0.1) is 0 Å². The van der Waals surface area contributed by atoms with Gasteiger partial charge in [0.15, 0.2) is 0 Å². The van der Waals surface area contributed by atoms with Gasteiger partial charge in [-0.1, -0.05) is 13.8 Å². The number of likely N-dealkylation sites (N-methyl/N-ethyl adjacent to an activating group) is 4. The van der Waals surface area contributed by atoms with E-state index >= 15 is 0 Å². The number of rotatable bonds is 12. The molecule has 0 rings (SSSR count). The molecule has 0 radical (unpaired) electrons. The van der Waals surface area contributed by atoms with Crippen LogP contribution in [0.15, 0.2) is 0 Å². The Hall–Kier alpha value is -0.160. The van der Waals surface area contributed by atoms with Crippen LogP contribution < -0.4 is 5.32 Å². The first-order chi connectivity index (χ1) is 8.60. The van der Waals surface area contributed by atoms with Crippen molar-refractivity contribution in [2.45, 2.75) is 20.3 Å². The molecule has 0 spiro atoms. The molecule has 0 aromatic carbocycles. The summed E-state index contributed by atoms with van der Waals surface area (Å²) in [6, 6.07) is 0. The molecule has 4 nitrogen and oxygen atoms in total. The van der Waals surface area contributed by atoms with Gasteiger partial charge in [-0.15, -0.1) is 0 Å². The van der Waals surface area contributed by atoms with E-state index in [0.717, 1.165) is 26.2 Å². The Morgan fingerprint density at radius 1 is 0.722 bits per heavy atom. The average molecular weight is 258 g/mol. The predicted molar refractivity (Wildman–Crippen MR) is 81.3 cm³/mol. The van der Waals surface area contributed by atoms with Gasteiger partial charge in [0, 0.05) is 26.2 Å². The third-order valence-corrected chi connectivity index (χ3v) is 3.40. The van der Waals surface area contributed by atoms with Crippen LogP contribution in [-0.2, 0) is 0 Å². The third kappa shape index (κ3) is 11.0. The summed E-state index contributed by atoms with van der Waals surface area (Å²) in [6.07, 6.45) is 1.26. The largest absolute Gasteiger partial charge is 0.316 e. The van der Waals surface area contributed by atoms with Crippen molar-refractivity contribution in [1.29, 1.82) is 0 Å². The summed E-state index contributed by atoms with van der Waals surface area (Å²) in [5, 5.41) is 3.36. The fraction of sp³-hybridized carbons (Fsp3) is 1.00. The highest BCUT2D eigenvalue weighted by Crippen LogP contribution is 1.92. The van der Waals surface area contributed by atoms with Crippen LogP contribution in [0.4, 0.5) is 0 Å². The topological polar surface area (TPSA) is 21.8 Å². The van der Waals surface area contributed by atoms with Crippen molar-refractivity contribution in [3.63, 3.8) is 0 Å². The first-order valence-corrected chi connectivity index (χ1v) is 7.36. The molecule has 0 aromatic heterocycles. The van der Waals surface area contributed by atoms with Crippen molar-refractivity contribution in [3.8, 4) is 0 Å². The summed E-state index contributed by atoms with van der Waals surface area (Å²) in [7, 11) is 6.62. The Morgan fingerprint density at radius 2 is 1.28 bits per heavy atom. The van der Waals surface area contributed by atoms with Gasteiger partial charge >= 0.3 is 0 Å². The summed E-state index contributed by atoms with van der Waals surface area (Å²) >= 11 is 0. The molecule has 0 aliphatic rings. The second-order valence-electron chi connectivity index (χ2n) is 5.21. The Morgan fingerprint density at radius 3 is 1.83 bits per heavy atom. The molecule has 1 N–H and O–H groups in total. The van der Waals surface area contributed by atoms with Crippen LogP contribution in [0, 0.1) is 0 Å². The van der Waals surface area contributed by atoms with Crippen LogP contribution in [0.1, 0.15) is 20.3 Å². The molecule has 0 amide bonds. The third-order valence-electron chi connectivity index (χ3n) is 3.40. The molecule has 0 aromatic rings. The second-order valence-corrected chi connectivity index (χ2v) is 5.21. The first kappa shape index (κ1) is 17.8. The highest BCUT2D eigenvalue weighted by molar-refractivity contribution is 4.59. The van der Waals surface area contributed by atoms with E-state index in [1.807, 2.05) is 0 Å². The van der Waals surface area contributed by atoms with Crippen molar-refractivity contribution in [2.75, 3.05) is 73.5 Å². The minimum atomic E-state index is 1.07. The van der Waals surface area contributed by atoms with E-state index < -0.39 is 0 Å². The van der Waals surface area contributed by atoms with E-state index in [9.17, 15) is 0 Å². The van der Waals surface area contributed by atoms with Gasteiger partial charge in [0.2, 0.25) is 0 Å². The molecule has 0 aliphatic carbocycles. The van der Waals surface area contributed by atoms with E-state index in [4.69, 9.17) is 0 Å². The Kier molecular flexibility index (Phi) is 11.8. The van der Waals surface area contributed by atoms with Crippen LogP contribution in [0.5, 0.6) is 0 Å². The summed E-state index contributed by atoms with van der Waals surface area (Å²) in [5.74, 6) is 0. The maximum atomic E-state index is 3.36. The summed E-state index contributed by atoms with van der Waals surface area (Å²) in [6.45, 7) is 13.6. The van der Waals surface area contributed by atoms with Crippen molar-refractivity contribution in [3.05, 3.63) is 0 Å². The van der Waals surface area contributed by atoms with Gasteiger partial charge in [-0.3, -0.25) is 0 Å². The fourth-order valence-electron chi connectivity index (χ4n) is 1.78. The molecule has 18 heavy (non-hydrogen) atoms. The van der Waals surface area contributed by atoms with Crippen molar-refractivity contribution >= 4 is 0 Å². The minimum Gasteiger partial charge on any atom is -0.316 e. The van der Waals surface area contributed by atoms with Gasteiger partial charge in [0.25, 0.3) is 0 Å². The molecular formula is C14H34N4. The lowest BCUT2D eigenvalue weighted by Gasteiger charge is -2.22. The zero-order chi connectivity index (χ0) is 13.8. The number of nitrogens with zero attached hydrogens (tertiary/aromatic N) is 3. The quantitative estimate of drug-likeness (QED) is 0.523. The second kappa shape index (κ2) is 11.9. The standard InChI is InChI=1S/C14H34N4/c1-6-15-9-12-17(4)10-8-11-18(5)14-13-16(3)7-2/h15H,6-14H2,1-5H3. The van der Waals surface area contributed by atoms with E-state index in [2.05, 4.69) is 55.0 Å². The normalized spacial score (nSPS) is 12.0. The monoisotopic (exact) mass is 258 g/mol. The number of hydrogen-bond acceptors (Lipinski definition) is 4. The Bertz CT molecular complexity index is 175. The molecule has 0 unspecified atom stereocenters. The molecule has 0 atom stereocenters. The smallest absolute Gasteiger partial charge is 0.0106 e. The van der Waals surface area contributed by atoms with Gasteiger partial charge in [0.1, 0.15) is 0 Å². The number of nitrogens with one attached hydrogen (secondary N) is 1. The SMILES string of the molecule is CCNCCN(C)CCCN(C)CCN(C)CC. The van der Waals surface area contributed by atoms with Crippen LogP contribution in [0.3, 0.4) is 0 Å². The maximum absolute atomic E-state index is 3.36. The number of hydrogen-bond donors (Lipinski definition) is 1. The summed E-state index contributed by atoms with van der Waals surface area (Å²) in [4.78, 5) is 7.21. The Balaban J connectivity index is 3.40. The summed E-state index contributed by atoms with van der Waals surface area (Å²) < 4.78 is 0. The van der Waals surface area contributed by atoms with E-state index in [0.29, 0.717) is 0 Å². The molecule has 0 fully saturated rings. The molecule has 0 aliphatic heterocycles. The van der Waals surface area contributed by atoms with Crippen molar-refractivity contribution in [2.24, 2.45) is 0 Å². The predicted octanol–water partition coefficient (Wildman–Crippen LogP) is 0.801. The van der Waals surface area contributed by atoms with Crippen LogP contribution in [-0.4, -0.2) is 88.2 Å². The zero-order valence-electron chi connectivity index (χ0n) is 13.2. The van der Waals surface area contributed by atoms with E-state index in [-0.39, 0.29) is 0 Å². The first-order valence-electron chi connectivity index (χ1n) is 7.36. The Labute approximate surface area is 114 Å². The molecule has 0 saturated carbocycles. The average Bonchev–Trinajstić information content (AvgIpc) is 2.36. The molecule has 0 bridgehead atoms. The molecule has 0 saturated heterocycles. The lowest BCUT2D eigenvalue weighted by molar-refractivity contribution is 0.245. The molecule has 110 valence electrons. The van der Waals surface area contributed by atoms with Crippen LogP contribution >= 0.6 is 0 Å². The zero-order valence-corrected chi connectivity index (χ0v) is 13.2. The summed E-state index contributed by atoms with van der Waals surface area (Å²) in [5.41, 5.74) is 0. The van der Waals surface area contributed by atoms with Gasteiger partial charge in [-0.2, -0.15) is 0 Å². The van der Waals surface area contributed by atoms with Crippen molar-refractivity contribution in [1.82, 2.24) is 20.0 Å². The molecule has 0 heterocycles. The van der Waals surface area contributed by atoms with E-state index in [1.165, 1.54) is 32.6 Å². The van der Waals surface area contributed by atoms with Gasteiger partial charge in [-0.05, 0) is 53.7 Å². The van der Waals surface area contributed by atoms with Gasteiger partial charge in [-0.25, -0.2) is 0 Å². The maximum Gasteiger partial charge on any atom is 0.0106 e. The van der Waals surface area contributed by atoms with E-state index in [1.54, 1.807) is 0 Å². The highest BCUT2D eigenvalue weighted by Gasteiger charge is 2.02.